The largest absolute Gasteiger partial charge is 0.443 e. The molecule has 42 heavy (non-hydrogen) atoms. The van der Waals surface area contributed by atoms with E-state index in [1.54, 1.807) is 71.0 Å². The molecule has 0 spiro atoms. The van der Waals surface area contributed by atoms with Gasteiger partial charge < -0.3 is 29.4 Å². The zero-order valence-electron chi connectivity index (χ0n) is 24.9. The lowest BCUT2D eigenvalue weighted by Crippen LogP contribution is -2.37. The molecule has 13 heteroatoms. The van der Waals surface area contributed by atoms with Crippen molar-refractivity contribution in [3.8, 4) is 0 Å². The van der Waals surface area contributed by atoms with Crippen molar-refractivity contribution in [3.63, 3.8) is 0 Å². The van der Waals surface area contributed by atoms with E-state index in [0.717, 1.165) is 32.1 Å². The summed E-state index contributed by atoms with van der Waals surface area (Å²) in [5.41, 5.74) is -0.163. The standard InChI is InChI=1S/C29H39N7O6/c1-29(2,3)42-28(39)34(4)24-15-23(32-22-8-7-11-35(27(22)38)18-13-20(14-18)41-6)33-25-21(16-30-36(24)25)26(37)31-17-9-10-19(12-17)40-5/h7-8,11,15-20H,9-10,12-14H2,1-6H3,(H,31,37)(H,32,33)/t17-,18?,19-,20?/m1/s1. The van der Waals surface area contributed by atoms with E-state index in [-0.39, 0.29) is 52.8 Å². The van der Waals surface area contributed by atoms with Gasteiger partial charge in [0.05, 0.1) is 18.4 Å². The van der Waals surface area contributed by atoms with Gasteiger partial charge in [-0.25, -0.2) is 9.78 Å². The molecule has 0 aromatic carbocycles. The Morgan fingerprint density at radius 3 is 2.50 bits per heavy atom. The first kappa shape index (κ1) is 29.5. The number of carbonyl (C=O) groups is 2. The Morgan fingerprint density at radius 1 is 1.10 bits per heavy atom. The van der Waals surface area contributed by atoms with Gasteiger partial charge in [-0.3, -0.25) is 14.5 Å². The van der Waals surface area contributed by atoms with Crippen molar-refractivity contribution in [1.82, 2.24) is 24.5 Å². The van der Waals surface area contributed by atoms with Gasteiger partial charge in [-0.15, -0.1) is 0 Å². The Hall–Kier alpha value is -3.97. The number of hydrogen-bond acceptors (Lipinski definition) is 9. The zero-order chi connectivity index (χ0) is 30.2. The lowest BCUT2D eigenvalue weighted by molar-refractivity contribution is 0.00522. The number of amides is 2. The third-order valence-electron chi connectivity index (χ3n) is 7.80. The lowest BCUT2D eigenvalue weighted by Gasteiger charge is -2.35. The van der Waals surface area contributed by atoms with Crippen molar-refractivity contribution in [2.75, 3.05) is 31.5 Å². The number of anilines is 3. The number of fused-ring (bicyclic) bond motifs is 1. The number of rotatable bonds is 8. The molecular formula is C29H39N7O6. The summed E-state index contributed by atoms with van der Waals surface area (Å²) in [6.45, 7) is 5.33. The molecule has 0 saturated heterocycles. The lowest BCUT2D eigenvalue weighted by atomic mass is 9.89. The minimum Gasteiger partial charge on any atom is -0.443 e. The van der Waals surface area contributed by atoms with Crippen LogP contribution in [0.15, 0.2) is 35.4 Å². The Balaban J connectivity index is 1.50. The summed E-state index contributed by atoms with van der Waals surface area (Å²) in [6.07, 6.45) is 6.75. The van der Waals surface area contributed by atoms with Gasteiger partial charge in [0.2, 0.25) is 0 Å². The highest BCUT2D eigenvalue weighted by atomic mass is 16.6. The predicted octanol–water partition coefficient (Wildman–Crippen LogP) is 3.65. The SMILES string of the molecule is COC1CC(n2cccc(Nc3cc(N(C)C(=O)OC(C)(C)C)n4ncc(C(=O)N[C@@H]5CC[C@@H](OC)C5)c4n3)c2=O)C1. The van der Waals surface area contributed by atoms with Crippen molar-refractivity contribution >= 4 is 35.0 Å². The fraction of sp³-hybridized carbons (Fsp3) is 0.552. The van der Waals surface area contributed by atoms with Crippen LogP contribution < -0.4 is 21.1 Å². The number of nitrogens with zero attached hydrogens (tertiary/aromatic N) is 5. The third kappa shape index (κ3) is 6.12. The monoisotopic (exact) mass is 581 g/mol. The molecule has 13 nitrogen and oxygen atoms in total. The summed E-state index contributed by atoms with van der Waals surface area (Å²) in [6, 6.07) is 5.07. The van der Waals surface area contributed by atoms with E-state index in [2.05, 4.69) is 20.7 Å². The van der Waals surface area contributed by atoms with Gasteiger partial charge in [-0.05, 0) is 65.0 Å². The van der Waals surface area contributed by atoms with Gasteiger partial charge in [0, 0.05) is 45.6 Å². The topological polar surface area (TPSA) is 141 Å². The molecule has 226 valence electrons. The summed E-state index contributed by atoms with van der Waals surface area (Å²) < 4.78 is 19.5. The van der Waals surface area contributed by atoms with E-state index in [1.165, 1.54) is 15.6 Å². The number of methoxy groups -OCH3 is 2. The molecule has 2 aliphatic carbocycles. The van der Waals surface area contributed by atoms with Crippen LogP contribution in [0.5, 0.6) is 0 Å². The average Bonchev–Trinajstić information content (AvgIpc) is 3.55. The molecule has 3 heterocycles. The van der Waals surface area contributed by atoms with Gasteiger partial charge in [-0.2, -0.15) is 9.61 Å². The highest BCUT2D eigenvalue weighted by Crippen LogP contribution is 2.33. The molecular weight excluding hydrogens is 542 g/mol. The number of nitrogens with one attached hydrogen (secondary N) is 2. The molecule has 2 amide bonds. The number of hydrogen-bond donors (Lipinski definition) is 2. The maximum absolute atomic E-state index is 13.4. The van der Waals surface area contributed by atoms with Crippen molar-refractivity contribution in [3.05, 3.63) is 46.5 Å². The molecule has 0 bridgehead atoms. The molecule has 2 atom stereocenters. The molecule has 0 aliphatic heterocycles. The minimum atomic E-state index is -0.729. The number of aromatic nitrogens is 4. The maximum Gasteiger partial charge on any atom is 0.415 e. The van der Waals surface area contributed by atoms with Crippen LogP contribution in [0.1, 0.15) is 69.3 Å². The maximum atomic E-state index is 13.4. The van der Waals surface area contributed by atoms with E-state index in [1.807, 2.05) is 0 Å². The highest BCUT2D eigenvalue weighted by Gasteiger charge is 2.32. The van der Waals surface area contributed by atoms with E-state index >= 15 is 0 Å². The number of ether oxygens (including phenoxy) is 3. The Bertz CT molecular complexity index is 1520. The molecule has 2 N–H and O–H groups in total. The first-order valence-corrected chi connectivity index (χ1v) is 14.2. The van der Waals surface area contributed by atoms with E-state index in [9.17, 15) is 14.4 Å². The van der Waals surface area contributed by atoms with Crippen molar-refractivity contribution in [2.45, 2.75) is 82.8 Å². The second-order valence-corrected chi connectivity index (χ2v) is 11.9. The van der Waals surface area contributed by atoms with Crippen LogP contribution in [-0.2, 0) is 14.2 Å². The molecule has 2 saturated carbocycles. The Morgan fingerprint density at radius 2 is 1.83 bits per heavy atom. The fourth-order valence-electron chi connectivity index (χ4n) is 5.37. The normalized spacial score (nSPS) is 22.0. The van der Waals surface area contributed by atoms with Crippen LogP contribution in [0, 0.1) is 0 Å². The quantitative estimate of drug-likeness (QED) is 0.408. The Labute approximate surface area is 244 Å². The van der Waals surface area contributed by atoms with E-state index < -0.39 is 11.7 Å². The molecule has 2 aliphatic rings. The number of pyridine rings is 1. The second-order valence-electron chi connectivity index (χ2n) is 11.9. The van der Waals surface area contributed by atoms with Gasteiger partial charge in [-0.1, -0.05) is 0 Å². The third-order valence-corrected chi connectivity index (χ3v) is 7.80. The van der Waals surface area contributed by atoms with Crippen molar-refractivity contribution in [2.24, 2.45) is 0 Å². The Kier molecular flexibility index (Phi) is 8.24. The zero-order valence-corrected chi connectivity index (χ0v) is 24.9. The van der Waals surface area contributed by atoms with Gasteiger partial charge in [0.25, 0.3) is 11.5 Å². The summed E-state index contributed by atoms with van der Waals surface area (Å²) in [4.78, 5) is 45.7. The van der Waals surface area contributed by atoms with Crippen LogP contribution in [-0.4, -0.2) is 76.3 Å². The molecule has 5 rings (SSSR count). The van der Waals surface area contributed by atoms with Crippen molar-refractivity contribution < 1.29 is 23.8 Å². The average molecular weight is 582 g/mol. The first-order valence-electron chi connectivity index (χ1n) is 14.2. The second kappa shape index (κ2) is 11.7. The van der Waals surface area contributed by atoms with Crippen LogP contribution in [0.3, 0.4) is 0 Å². The van der Waals surface area contributed by atoms with Crippen LogP contribution in [0.25, 0.3) is 5.65 Å². The highest BCUT2D eigenvalue weighted by molar-refractivity contribution is 6.00. The molecule has 0 radical (unpaired) electrons. The fourth-order valence-corrected chi connectivity index (χ4v) is 5.37. The first-order chi connectivity index (χ1) is 20.0. The number of carbonyl (C=O) groups excluding carboxylic acids is 2. The van der Waals surface area contributed by atoms with Gasteiger partial charge in [0.15, 0.2) is 5.65 Å². The molecule has 0 unspecified atom stereocenters. The summed E-state index contributed by atoms with van der Waals surface area (Å²) >= 11 is 0. The van der Waals surface area contributed by atoms with Crippen molar-refractivity contribution in [1.29, 1.82) is 0 Å². The summed E-state index contributed by atoms with van der Waals surface area (Å²) in [5, 5.41) is 10.6. The molecule has 3 aromatic rings. The molecule has 3 aromatic heterocycles. The smallest absolute Gasteiger partial charge is 0.415 e. The molecule has 2 fully saturated rings. The minimum absolute atomic E-state index is 0.0328. The van der Waals surface area contributed by atoms with Gasteiger partial charge >= 0.3 is 6.09 Å². The van der Waals surface area contributed by atoms with Gasteiger partial charge in [0.1, 0.15) is 28.5 Å². The van der Waals surface area contributed by atoms with Crippen LogP contribution in [0.4, 0.5) is 22.1 Å². The summed E-state index contributed by atoms with van der Waals surface area (Å²) in [5.74, 6) is 0.234. The van der Waals surface area contributed by atoms with Crippen LogP contribution in [0.2, 0.25) is 0 Å². The van der Waals surface area contributed by atoms with Crippen LogP contribution >= 0.6 is 0 Å². The van der Waals surface area contributed by atoms with E-state index in [0.29, 0.717) is 11.5 Å². The predicted molar refractivity (Wildman–Crippen MR) is 157 cm³/mol. The van der Waals surface area contributed by atoms with E-state index in [4.69, 9.17) is 14.2 Å². The summed E-state index contributed by atoms with van der Waals surface area (Å²) in [7, 11) is 4.89.